The van der Waals surface area contributed by atoms with Crippen molar-refractivity contribution in [2.75, 3.05) is 23.3 Å². The van der Waals surface area contributed by atoms with Gasteiger partial charge in [-0.2, -0.15) is 0 Å². The van der Waals surface area contributed by atoms with Crippen molar-refractivity contribution in [1.82, 2.24) is 0 Å². The molecular formula is C16H26N2. The summed E-state index contributed by atoms with van der Waals surface area (Å²) in [5, 5.41) is 3.62. The van der Waals surface area contributed by atoms with E-state index in [2.05, 4.69) is 63.0 Å². The number of fused-ring (bicyclic) bond motifs is 1. The minimum Gasteiger partial charge on any atom is -0.383 e. The van der Waals surface area contributed by atoms with Crippen LogP contribution in [0.1, 0.15) is 39.7 Å². The van der Waals surface area contributed by atoms with Gasteiger partial charge >= 0.3 is 0 Å². The first-order valence-corrected chi connectivity index (χ1v) is 7.04. The van der Waals surface area contributed by atoms with E-state index in [9.17, 15) is 0 Å². The second kappa shape index (κ2) is 4.83. The Morgan fingerprint density at radius 3 is 2.78 bits per heavy atom. The number of hydrogen-bond acceptors (Lipinski definition) is 2. The van der Waals surface area contributed by atoms with Gasteiger partial charge in [0.2, 0.25) is 0 Å². The van der Waals surface area contributed by atoms with E-state index >= 15 is 0 Å². The van der Waals surface area contributed by atoms with Crippen molar-refractivity contribution in [2.45, 2.75) is 47.1 Å². The first kappa shape index (κ1) is 13.3. The first-order chi connectivity index (χ1) is 8.43. The Balaban J connectivity index is 2.43. The molecule has 0 saturated heterocycles. The smallest absolute Gasteiger partial charge is 0.0604 e. The average molecular weight is 246 g/mol. The van der Waals surface area contributed by atoms with Crippen molar-refractivity contribution < 1.29 is 0 Å². The molecule has 1 aliphatic rings. The van der Waals surface area contributed by atoms with Crippen LogP contribution < -0.4 is 10.2 Å². The fourth-order valence-electron chi connectivity index (χ4n) is 2.59. The summed E-state index contributed by atoms with van der Waals surface area (Å²) in [7, 11) is 0. The van der Waals surface area contributed by atoms with Crippen molar-refractivity contribution in [3.63, 3.8) is 0 Å². The minimum absolute atomic E-state index is 0.302. The molecule has 1 aliphatic heterocycles. The molecule has 0 radical (unpaired) electrons. The molecular weight excluding hydrogens is 220 g/mol. The van der Waals surface area contributed by atoms with E-state index in [-0.39, 0.29) is 0 Å². The van der Waals surface area contributed by atoms with Crippen LogP contribution in [0.25, 0.3) is 0 Å². The summed E-state index contributed by atoms with van der Waals surface area (Å²) < 4.78 is 0. The molecule has 1 heterocycles. The number of nitrogens with one attached hydrogen (secondary N) is 1. The van der Waals surface area contributed by atoms with E-state index in [1.54, 1.807) is 0 Å². The van der Waals surface area contributed by atoms with Crippen LogP contribution in [-0.4, -0.2) is 19.1 Å². The van der Waals surface area contributed by atoms with E-state index in [1.165, 1.54) is 23.4 Å². The Labute approximate surface area is 111 Å². The molecule has 1 aromatic rings. The highest BCUT2D eigenvalue weighted by Gasteiger charge is 2.29. The topological polar surface area (TPSA) is 15.3 Å². The largest absolute Gasteiger partial charge is 0.383 e. The summed E-state index contributed by atoms with van der Waals surface area (Å²) in [4.78, 5) is 2.56. The van der Waals surface area contributed by atoms with Gasteiger partial charge in [-0.15, -0.1) is 0 Å². The number of aryl methyl sites for hydroxylation is 1. The van der Waals surface area contributed by atoms with Gasteiger partial charge < -0.3 is 10.2 Å². The molecule has 0 fully saturated rings. The summed E-state index contributed by atoms with van der Waals surface area (Å²) in [5.74, 6) is 0. The molecule has 0 aliphatic carbocycles. The van der Waals surface area contributed by atoms with Crippen LogP contribution >= 0.6 is 0 Å². The highest BCUT2D eigenvalue weighted by Crippen LogP contribution is 2.35. The fraction of sp³-hybridized carbons (Fsp3) is 0.625. The molecule has 1 atom stereocenters. The lowest BCUT2D eigenvalue weighted by Gasteiger charge is -2.35. The summed E-state index contributed by atoms with van der Waals surface area (Å²) in [6.45, 7) is 13.6. The molecule has 1 N–H and O–H groups in total. The third kappa shape index (κ3) is 2.63. The Kier molecular flexibility index (Phi) is 3.56. The van der Waals surface area contributed by atoms with E-state index in [1.807, 2.05) is 0 Å². The van der Waals surface area contributed by atoms with Gasteiger partial charge in [0.05, 0.1) is 11.4 Å². The van der Waals surface area contributed by atoms with Crippen molar-refractivity contribution in [1.29, 1.82) is 0 Å². The maximum atomic E-state index is 3.62. The van der Waals surface area contributed by atoms with E-state index in [4.69, 9.17) is 0 Å². The third-order valence-electron chi connectivity index (χ3n) is 3.94. The van der Waals surface area contributed by atoms with E-state index in [0.717, 1.165) is 13.1 Å². The molecule has 18 heavy (non-hydrogen) atoms. The van der Waals surface area contributed by atoms with Gasteiger partial charge in [-0.25, -0.2) is 0 Å². The van der Waals surface area contributed by atoms with Crippen molar-refractivity contribution >= 4 is 11.4 Å². The molecule has 100 valence electrons. The molecule has 2 nitrogen and oxygen atoms in total. The monoisotopic (exact) mass is 246 g/mol. The van der Waals surface area contributed by atoms with Crippen molar-refractivity contribution in [3.05, 3.63) is 23.8 Å². The number of anilines is 2. The van der Waals surface area contributed by atoms with Crippen LogP contribution in [0.5, 0.6) is 0 Å². The molecule has 0 amide bonds. The van der Waals surface area contributed by atoms with Crippen LogP contribution in [0, 0.1) is 12.3 Å². The zero-order chi connectivity index (χ0) is 13.3. The van der Waals surface area contributed by atoms with Crippen LogP contribution in [0.3, 0.4) is 0 Å². The molecule has 0 bridgehead atoms. The van der Waals surface area contributed by atoms with Crippen molar-refractivity contribution in [3.8, 4) is 0 Å². The summed E-state index contributed by atoms with van der Waals surface area (Å²) in [6.07, 6.45) is 1.18. The van der Waals surface area contributed by atoms with Gasteiger partial charge in [0.1, 0.15) is 0 Å². The standard InChI is InChI=1S/C16H26N2/c1-6-13(3)18-11-16(4,5)10-17-14-9-12(2)7-8-15(14)18/h7-9,13,17H,6,10-11H2,1-5H3. The van der Waals surface area contributed by atoms with Crippen molar-refractivity contribution in [2.24, 2.45) is 5.41 Å². The second-order valence-corrected chi connectivity index (χ2v) is 6.42. The molecule has 0 aromatic heterocycles. The van der Waals surface area contributed by atoms with Gasteiger partial charge in [-0.3, -0.25) is 0 Å². The molecule has 0 spiro atoms. The predicted octanol–water partition coefficient (Wildman–Crippen LogP) is 4.05. The Morgan fingerprint density at radius 1 is 1.39 bits per heavy atom. The Hall–Kier alpha value is -1.18. The maximum absolute atomic E-state index is 3.62. The zero-order valence-electron chi connectivity index (χ0n) is 12.4. The summed E-state index contributed by atoms with van der Waals surface area (Å²) in [5.41, 5.74) is 4.28. The zero-order valence-corrected chi connectivity index (χ0v) is 12.4. The van der Waals surface area contributed by atoms with Crippen LogP contribution in [-0.2, 0) is 0 Å². The summed E-state index contributed by atoms with van der Waals surface area (Å²) in [6, 6.07) is 7.34. The molecule has 2 rings (SSSR count). The van der Waals surface area contributed by atoms with E-state index in [0.29, 0.717) is 11.5 Å². The third-order valence-corrected chi connectivity index (χ3v) is 3.94. The maximum Gasteiger partial charge on any atom is 0.0604 e. The van der Waals surface area contributed by atoms with Gasteiger partial charge in [0.25, 0.3) is 0 Å². The van der Waals surface area contributed by atoms with Crippen LogP contribution in [0.2, 0.25) is 0 Å². The molecule has 1 unspecified atom stereocenters. The lowest BCUT2D eigenvalue weighted by molar-refractivity contribution is 0.380. The first-order valence-electron chi connectivity index (χ1n) is 7.04. The second-order valence-electron chi connectivity index (χ2n) is 6.42. The normalized spacial score (nSPS) is 19.7. The van der Waals surface area contributed by atoms with Crippen LogP contribution in [0.15, 0.2) is 18.2 Å². The lowest BCUT2D eigenvalue weighted by atomic mass is 9.92. The fourth-order valence-corrected chi connectivity index (χ4v) is 2.59. The summed E-state index contributed by atoms with van der Waals surface area (Å²) >= 11 is 0. The van der Waals surface area contributed by atoms with Crippen LogP contribution in [0.4, 0.5) is 11.4 Å². The van der Waals surface area contributed by atoms with Gasteiger partial charge in [-0.05, 0) is 43.4 Å². The Bertz CT molecular complexity index is 423. The predicted molar refractivity (Wildman–Crippen MR) is 80.5 cm³/mol. The number of benzene rings is 1. The highest BCUT2D eigenvalue weighted by atomic mass is 15.2. The quantitative estimate of drug-likeness (QED) is 0.847. The SMILES string of the molecule is CCC(C)N1CC(C)(C)CNc2cc(C)ccc21. The number of nitrogens with zero attached hydrogens (tertiary/aromatic N) is 1. The lowest BCUT2D eigenvalue weighted by Crippen LogP contribution is -2.40. The van der Waals surface area contributed by atoms with Gasteiger partial charge in [0.15, 0.2) is 0 Å². The van der Waals surface area contributed by atoms with E-state index < -0.39 is 0 Å². The highest BCUT2D eigenvalue weighted by molar-refractivity contribution is 5.72. The number of rotatable bonds is 2. The Morgan fingerprint density at radius 2 is 2.11 bits per heavy atom. The number of hydrogen-bond donors (Lipinski definition) is 1. The minimum atomic E-state index is 0.302. The molecule has 1 aromatic carbocycles. The van der Waals surface area contributed by atoms with Gasteiger partial charge in [0, 0.05) is 19.1 Å². The average Bonchev–Trinajstić information content (AvgIpc) is 2.45. The van der Waals surface area contributed by atoms with Gasteiger partial charge in [-0.1, -0.05) is 26.8 Å². The molecule has 2 heteroatoms. The molecule has 0 saturated carbocycles.